The Kier molecular flexibility index (Phi) is 3.07. The number of hydrogen-bond donors (Lipinski definition) is 4. The van der Waals surface area contributed by atoms with Crippen molar-refractivity contribution in [1.29, 1.82) is 0 Å². The van der Waals surface area contributed by atoms with Crippen molar-refractivity contribution >= 4 is 0 Å². The van der Waals surface area contributed by atoms with Gasteiger partial charge in [-0.1, -0.05) is 0 Å². The molecule has 1 fully saturated rings. The molecule has 8 nitrogen and oxygen atoms in total. The number of nitrogens with zero attached hydrogens (tertiary/aromatic N) is 1. The average molecular weight is 262 g/mol. The predicted octanol–water partition coefficient (Wildman–Crippen LogP) is -2.55. The Hall–Kier alpha value is -1.55. The first-order valence-electron chi connectivity index (χ1n) is 5.04. The summed E-state index contributed by atoms with van der Waals surface area (Å²) >= 11 is 0. The van der Waals surface area contributed by atoms with Crippen LogP contribution in [0.1, 0.15) is 6.23 Å². The number of alkyl halides is 1. The van der Waals surface area contributed by atoms with Crippen LogP contribution in [-0.2, 0) is 4.74 Å². The number of aromatic amines is 1. The third-order valence-corrected chi connectivity index (χ3v) is 2.71. The molecule has 0 saturated carbocycles. The van der Waals surface area contributed by atoms with E-state index in [1.807, 2.05) is 4.98 Å². The second kappa shape index (κ2) is 4.28. The third kappa shape index (κ3) is 1.86. The van der Waals surface area contributed by atoms with Gasteiger partial charge in [0.15, 0.2) is 6.23 Å². The van der Waals surface area contributed by atoms with E-state index in [0.717, 1.165) is 12.3 Å². The number of hydrogen-bond acceptors (Lipinski definition) is 6. The normalized spacial score (nSPS) is 35.9. The lowest BCUT2D eigenvalue weighted by molar-refractivity contribution is -0.207. The molecule has 9 heteroatoms. The maximum Gasteiger partial charge on any atom is 0.330 e. The van der Waals surface area contributed by atoms with Crippen LogP contribution in [0, 0.1) is 0 Å². The molecule has 0 bridgehead atoms. The van der Waals surface area contributed by atoms with Gasteiger partial charge < -0.3 is 20.1 Å². The van der Waals surface area contributed by atoms with Crippen LogP contribution in [-0.4, -0.2) is 49.5 Å². The first-order chi connectivity index (χ1) is 8.39. The Morgan fingerprint density at radius 2 is 2.17 bits per heavy atom. The Morgan fingerprint density at radius 3 is 2.67 bits per heavy atom. The first-order valence-corrected chi connectivity index (χ1v) is 5.04. The maximum absolute atomic E-state index is 13.8. The molecule has 0 radical (unpaired) electrons. The van der Waals surface area contributed by atoms with E-state index in [2.05, 4.69) is 4.74 Å². The summed E-state index contributed by atoms with van der Waals surface area (Å²) in [4.78, 5) is 24.2. The second-order valence-electron chi connectivity index (χ2n) is 3.91. The molecule has 4 N–H and O–H groups in total. The molecule has 2 rings (SSSR count). The summed E-state index contributed by atoms with van der Waals surface area (Å²) in [6, 6.07) is 0.973. The van der Waals surface area contributed by atoms with E-state index in [1.165, 1.54) is 0 Å². The van der Waals surface area contributed by atoms with Gasteiger partial charge in [-0.25, -0.2) is 9.18 Å². The molecular formula is C9H11FN2O6. The van der Waals surface area contributed by atoms with Gasteiger partial charge in [-0.15, -0.1) is 0 Å². The molecule has 0 aromatic carbocycles. The number of aliphatic hydroxyl groups excluding tert-OH is 3. The Bertz CT molecular complexity index is 556. The summed E-state index contributed by atoms with van der Waals surface area (Å²) in [7, 11) is 0. The van der Waals surface area contributed by atoms with Crippen LogP contribution in [0.15, 0.2) is 21.9 Å². The molecule has 1 aromatic heterocycles. The number of halogens is 1. The minimum atomic E-state index is -2.86. The zero-order chi connectivity index (χ0) is 13.5. The van der Waals surface area contributed by atoms with Gasteiger partial charge in [-0.3, -0.25) is 14.3 Å². The molecule has 18 heavy (non-hydrogen) atoms. The highest BCUT2D eigenvalue weighted by Crippen LogP contribution is 2.37. The Balaban J connectivity index is 2.41. The molecule has 100 valence electrons. The molecule has 0 aliphatic carbocycles. The van der Waals surface area contributed by atoms with Gasteiger partial charge in [0.25, 0.3) is 11.4 Å². The highest BCUT2D eigenvalue weighted by atomic mass is 19.2. The molecule has 2 heterocycles. The largest absolute Gasteiger partial charge is 0.390 e. The monoisotopic (exact) mass is 262 g/mol. The summed E-state index contributed by atoms with van der Waals surface area (Å²) in [6.07, 6.45) is -4.32. The summed E-state index contributed by atoms with van der Waals surface area (Å²) in [5.74, 6) is -2.86. The van der Waals surface area contributed by atoms with Crippen LogP contribution in [0.5, 0.6) is 0 Å². The summed E-state index contributed by atoms with van der Waals surface area (Å²) in [6.45, 7) is -1.18. The van der Waals surface area contributed by atoms with Crippen molar-refractivity contribution in [1.82, 2.24) is 9.55 Å². The third-order valence-electron chi connectivity index (χ3n) is 2.71. The highest BCUT2D eigenvalue weighted by molar-refractivity contribution is 4.96. The van der Waals surface area contributed by atoms with Gasteiger partial charge in [0.05, 0.1) is 0 Å². The Morgan fingerprint density at radius 1 is 1.50 bits per heavy atom. The molecular weight excluding hydrogens is 251 g/mol. The number of nitrogens with one attached hydrogen (secondary N) is 1. The van der Waals surface area contributed by atoms with Crippen molar-refractivity contribution in [3.63, 3.8) is 0 Å². The zero-order valence-corrected chi connectivity index (χ0v) is 8.99. The van der Waals surface area contributed by atoms with Gasteiger partial charge in [-0.2, -0.15) is 0 Å². The van der Waals surface area contributed by atoms with E-state index >= 15 is 0 Å². The number of aliphatic hydroxyl groups is 3. The SMILES string of the molecule is O=c1ccn(C2OC(F)(CO)C(O)C2O)c(=O)[nH]1. The van der Waals surface area contributed by atoms with Crippen LogP contribution in [0.4, 0.5) is 4.39 Å². The quantitative estimate of drug-likeness (QED) is 0.465. The van der Waals surface area contributed by atoms with Crippen LogP contribution < -0.4 is 11.2 Å². The van der Waals surface area contributed by atoms with Crippen LogP contribution in [0.25, 0.3) is 0 Å². The maximum atomic E-state index is 13.8. The highest BCUT2D eigenvalue weighted by Gasteiger charge is 2.55. The van der Waals surface area contributed by atoms with E-state index < -0.39 is 42.1 Å². The molecule has 4 unspecified atom stereocenters. The average Bonchev–Trinajstić information content (AvgIpc) is 2.55. The van der Waals surface area contributed by atoms with Crippen LogP contribution in [0.3, 0.4) is 0 Å². The van der Waals surface area contributed by atoms with Crippen molar-refractivity contribution in [3.8, 4) is 0 Å². The molecule has 1 saturated heterocycles. The van der Waals surface area contributed by atoms with E-state index in [0.29, 0.717) is 4.57 Å². The smallest absolute Gasteiger partial charge is 0.330 e. The van der Waals surface area contributed by atoms with Crippen molar-refractivity contribution in [2.45, 2.75) is 24.3 Å². The van der Waals surface area contributed by atoms with Crippen molar-refractivity contribution in [3.05, 3.63) is 33.1 Å². The number of aromatic nitrogens is 2. The minimum absolute atomic E-state index is 0.669. The molecule has 0 amide bonds. The number of rotatable bonds is 2. The predicted molar refractivity (Wildman–Crippen MR) is 54.4 cm³/mol. The zero-order valence-electron chi connectivity index (χ0n) is 8.99. The summed E-state index contributed by atoms with van der Waals surface area (Å²) < 4.78 is 19.1. The first kappa shape index (κ1) is 12.9. The molecule has 4 atom stereocenters. The lowest BCUT2D eigenvalue weighted by Gasteiger charge is -2.19. The van der Waals surface area contributed by atoms with E-state index in [9.17, 15) is 24.2 Å². The fourth-order valence-corrected chi connectivity index (χ4v) is 1.73. The molecule has 1 aliphatic rings. The van der Waals surface area contributed by atoms with Gasteiger partial charge in [0, 0.05) is 12.3 Å². The lowest BCUT2D eigenvalue weighted by atomic mass is 10.1. The topological polar surface area (TPSA) is 125 Å². The summed E-state index contributed by atoms with van der Waals surface area (Å²) in [5, 5.41) is 27.8. The molecule has 0 spiro atoms. The number of ether oxygens (including phenoxy) is 1. The van der Waals surface area contributed by atoms with Gasteiger partial charge in [0.1, 0.15) is 18.8 Å². The fourth-order valence-electron chi connectivity index (χ4n) is 1.73. The van der Waals surface area contributed by atoms with Crippen LogP contribution >= 0.6 is 0 Å². The van der Waals surface area contributed by atoms with Gasteiger partial charge in [-0.05, 0) is 0 Å². The van der Waals surface area contributed by atoms with Crippen molar-refractivity contribution < 1.29 is 24.4 Å². The Labute approximate surface area is 98.9 Å². The number of H-pyrrole nitrogens is 1. The van der Waals surface area contributed by atoms with Crippen molar-refractivity contribution in [2.75, 3.05) is 6.61 Å². The van der Waals surface area contributed by atoms with Crippen molar-refractivity contribution in [2.24, 2.45) is 0 Å². The van der Waals surface area contributed by atoms with Crippen LogP contribution in [0.2, 0.25) is 0 Å². The standard InChI is InChI=1S/C9H11FN2O6/c10-9(3-13)6(16)5(15)7(18-9)12-2-1-4(14)11-8(12)17/h1-2,5-7,13,15-16H,3H2,(H,11,14,17). The lowest BCUT2D eigenvalue weighted by Crippen LogP contribution is -2.42. The van der Waals surface area contributed by atoms with E-state index in [4.69, 9.17) is 5.11 Å². The molecule has 1 aromatic rings. The second-order valence-corrected chi connectivity index (χ2v) is 3.91. The van der Waals surface area contributed by atoms with Gasteiger partial charge >= 0.3 is 5.69 Å². The fraction of sp³-hybridized carbons (Fsp3) is 0.556. The summed E-state index contributed by atoms with van der Waals surface area (Å²) in [5.41, 5.74) is -1.60. The van der Waals surface area contributed by atoms with E-state index in [1.54, 1.807) is 0 Å². The molecule has 1 aliphatic heterocycles. The van der Waals surface area contributed by atoms with E-state index in [-0.39, 0.29) is 0 Å². The van der Waals surface area contributed by atoms with Gasteiger partial charge in [0.2, 0.25) is 0 Å². The minimum Gasteiger partial charge on any atom is -0.390 e.